The lowest BCUT2D eigenvalue weighted by molar-refractivity contribution is -1.00. The van der Waals surface area contributed by atoms with E-state index in [9.17, 15) is 5.21 Å². The predicted molar refractivity (Wildman–Crippen MR) is 73.6 cm³/mol. The van der Waals surface area contributed by atoms with Crippen LogP contribution in [0.15, 0.2) is 48.5 Å². The zero-order chi connectivity index (χ0) is 13.7. The number of hydrogen-bond acceptors (Lipinski definition) is 4. The number of quaternary nitrogens is 1. The molecular formula is C14H16N2O3. The summed E-state index contributed by atoms with van der Waals surface area (Å²) in [5, 5.41) is 13.7. The van der Waals surface area contributed by atoms with Crippen LogP contribution in [0.2, 0.25) is 0 Å². The third-order valence-corrected chi connectivity index (χ3v) is 2.49. The van der Waals surface area contributed by atoms with Crippen LogP contribution >= 0.6 is 0 Å². The molecule has 0 aliphatic heterocycles. The molecule has 0 heterocycles. The Morgan fingerprint density at radius 1 is 0.895 bits per heavy atom. The van der Waals surface area contributed by atoms with E-state index in [-0.39, 0.29) is 5.23 Å². The zero-order valence-corrected chi connectivity index (χ0v) is 10.8. The number of rotatable bonds is 5. The highest BCUT2D eigenvalue weighted by Crippen LogP contribution is 2.21. The first-order chi connectivity index (χ1) is 9.17. The molecule has 0 aromatic heterocycles. The monoisotopic (exact) mass is 260 g/mol. The van der Waals surface area contributed by atoms with Gasteiger partial charge in [0.15, 0.2) is 5.75 Å². The number of anilines is 2. The van der Waals surface area contributed by atoms with Crippen LogP contribution in [0.5, 0.6) is 11.5 Å². The van der Waals surface area contributed by atoms with E-state index in [0.29, 0.717) is 5.75 Å². The molecule has 5 heteroatoms. The van der Waals surface area contributed by atoms with Crippen molar-refractivity contribution in [2.75, 3.05) is 19.5 Å². The molecule has 5 nitrogen and oxygen atoms in total. The van der Waals surface area contributed by atoms with Gasteiger partial charge in [0.1, 0.15) is 12.8 Å². The summed E-state index contributed by atoms with van der Waals surface area (Å²) < 4.78 is 5.10. The summed E-state index contributed by atoms with van der Waals surface area (Å²) in [4.78, 5) is 4.97. The topological polar surface area (TPSA) is 58.0 Å². The third-order valence-electron chi connectivity index (χ3n) is 2.49. The molecule has 0 saturated carbocycles. The standard InChI is InChI=1S/C14H16N2O3/c1-16(17)19-14-9-5-12(6-10-14)15-11-3-7-13(18-2)8-4-11/h3-10,15-16H,1-2H3. The van der Waals surface area contributed by atoms with Crippen molar-refractivity contribution in [1.29, 1.82) is 0 Å². The third kappa shape index (κ3) is 3.87. The van der Waals surface area contributed by atoms with Crippen LogP contribution in [0, 0.1) is 5.21 Å². The molecule has 19 heavy (non-hydrogen) atoms. The van der Waals surface area contributed by atoms with Crippen LogP contribution in [0.3, 0.4) is 0 Å². The van der Waals surface area contributed by atoms with E-state index >= 15 is 0 Å². The Hall–Kier alpha value is -2.24. The number of nitrogens with one attached hydrogen (secondary N) is 2. The molecule has 1 unspecified atom stereocenters. The average molecular weight is 260 g/mol. The van der Waals surface area contributed by atoms with Crippen molar-refractivity contribution in [3.05, 3.63) is 53.7 Å². The lowest BCUT2D eigenvalue weighted by Crippen LogP contribution is -3.05. The molecule has 1 atom stereocenters. The van der Waals surface area contributed by atoms with E-state index in [2.05, 4.69) is 5.32 Å². The number of hydroxylamine groups is 2. The summed E-state index contributed by atoms with van der Waals surface area (Å²) in [6.07, 6.45) is 0. The minimum atomic E-state index is -0.323. The van der Waals surface area contributed by atoms with Crippen molar-refractivity contribution in [1.82, 2.24) is 0 Å². The second kappa shape index (κ2) is 6.08. The largest absolute Gasteiger partial charge is 0.591 e. The van der Waals surface area contributed by atoms with Crippen molar-refractivity contribution >= 4 is 11.4 Å². The van der Waals surface area contributed by atoms with Gasteiger partial charge in [0.25, 0.3) is 0 Å². The van der Waals surface area contributed by atoms with Gasteiger partial charge in [-0.25, -0.2) is 0 Å². The van der Waals surface area contributed by atoms with Gasteiger partial charge in [0, 0.05) is 11.4 Å². The molecule has 0 fully saturated rings. The summed E-state index contributed by atoms with van der Waals surface area (Å²) in [7, 11) is 3.01. The second-order valence-electron chi connectivity index (χ2n) is 3.97. The molecule has 0 radical (unpaired) electrons. The maximum atomic E-state index is 10.8. The van der Waals surface area contributed by atoms with Gasteiger partial charge in [-0.05, 0) is 48.5 Å². The lowest BCUT2D eigenvalue weighted by Gasteiger charge is -2.15. The van der Waals surface area contributed by atoms with Crippen molar-refractivity contribution in [3.8, 4) is 11.5 Å². The van der Waals surface area contributed by atoms with Crippen molar-refractivity contribution in [2.24, 2.45) is 0 Å². The SMILES string of the molecule is COc1ccc(Nc2ccc(O[NH+](C)[O-])cc2)cc1. The number of ether oxygens (including phenoxy) is 1. The van der Waals surface area contributed by atoms with Gasteiger partial charge in [-0.15, -0.1) is 0 Å². The maximum Gasteiger partial charge on any atom is 0.190 e. The summed E-state index contributed by atoms with van der Waals surface area (Å²) in [6.45, 7) is 0. The van der Waals surface area contributed by atoms with Gasteiger partial charge in [-0.1, -0.05) is 0 Å². The Morgan fingerprint density at radius 2 is 1.37 bits per heavy atom. The van der Waals surface area contributed by atoms with Crippen LogP contribution in [-0.4, -0.2) is 14.2 Å². The van der Waals surface area contributed by atoms with Gasteiger partial charge in [-0.3, -0.25) is 0 Å². The molecule has 0 saturated heterocycles. The minimum Gasteiger partial charge on any atom is -0.591 e. The fourth-order valence-corrected chi connectivity index (χ4v) is 1.61. The zero-order valence-electron chi connectivity index (χ0n) is 10.8. The number of methoxy groups -OCH3 is 1. The number of hydrogen-bond donors (Lipinski definition) is 2. The molecule has 100 valence electrons. The summed E-state index contributed by atoms with van der Waals surface area (Å²) in [5.41, 5.74) is 1.88. The first-order valence-corrected chi connectivity index (χ1v) is 5.87. The van der Waals surface area contributed by atoms with E-state index in [1.807, 2.05) is 36.4 Å². The summed E-state index contributed by atoms with van der Waals surface area (Å²) >= 11 is 0. The molecule has 0 aliphatic rings. The van der Waals surface area contributed by atoms with Gasteiger partial charge in [0.2, 0.25) is 0 Å². The highest BCUT2D eigenvalue weighted by atomic mass is 16.9. The molecule has 0 bridgehead atoms. The fraction of sp³-hybridized carbons (Fsp3) is 0.143. The van der Waals surface area contributed by atoms with Gasteiger partial charge < -0.3 is 20.1 Å². The smallest absolute Gasteiger partial charge is 0.190 e. The average Bonchev–Trinajstić information content (AvgIpc) is 2.41. The van der Waals surface area contributed by atoms with Crippen molar-refractivity contribution in [3.63, 3.8) is 0 Å². The Labute approximate surface area is 111 Å². The summed E-state index contributed by atoms with van der Waals surface area (Å²) in [5.74, 6) is 1.35. The Morgan fingerprint density at radius 3 is 1.79 bits per heavy atom. The van der Waals surface area contributed by atoms with Crippen LogP contribution < -0.4 is 20.1 Å². The van der Waals surface area contributed by atoms with Crippen LogP contribution in [0.1, 0.15) is 0 Å². The Bertz CT molecular complexity index is 509. The van der Waals surface area contributed by atoms with E-state index in [1.54, 1.807) is 19.2 Å². The molecule has 0 aliphatic carbocycles. The molecule has 2 aromatic rings. The second-order valence-corrected chi connectivity index (χ2v) is 3.97. The van der Waals surface area contributed by atoms with Gasteiger partial charge in [0.05, 0.1) is 7.11 Å². The lowest BCUT2D eigenvalue weighted by atomic mass is 10.2. The summed E-state index contributed by atoms with van der Waals surface area (Å²) in [6, 6.07) is 14.8. The highest BCUT2D eigenvalue weighted by molar-refractivity contribution is 5.60. The first-order valence-electron chi connectivity index (χ1n) is 5.87. The van der Waals surface area contributed by atoms with Crippen molar-refractivity contribution < 1.29 is 14.8 Å². The quantitative estimate of drug-likeness (QED) is 0.804. The van der Waals surface area contributed by atoms with Crippen LogP contribution in [-0.2, 0) is 0 Å². The van der Waals surface area contributed by atoms with E-state index in [0.717, 1.165) is 17.1 Å². The molecule has 2 aromatic carbocycles. The Balaban J connectivity index is 2.02. The molecule has 0 amide bonds. The fourth-order valence-electron chi connectivity index (χ4n) is 1.61. The number of benzene rings is 2. The van der Waals surface area contributed by atoms with Gasteiger partial charge >= 0.3 is 0 Å². The molecule has 2 N–H and O–H groups in total. The van der Waals surface area contributed by atoms with Crippen LogP contribution in [0.25, 0.3) is 0 Å². The van der Waals surface area contributed by atoms with E-state index in [4.69, 9.17) is 9.57 Å². The first kappa shape index (κ1) is 13.2. The van der Waals surface area contributed by atoms with E-state index < -0.39 is 0 Å². The van der Waals surface area contributed by atoms with E-state index in [1.165, 1.54) is 7.05 Å². The molecular weight excluding hydrogens is 244 g/mol. The minimum absolute atomic E-state index is 0.323. The van der Waals surface area contributed by atoms with Crippen LogP contribution in [0.4, 0.5) is 11.4 Å². The molecule has 0 spiro atoms. The van der Waals surface area contributed by atoms with Gasteiger partial charge in [-0.2, -0.15) is 5.23 Å². The van der Waals surface area contributed by atoms with Crippen molar-refractivity contribution in [2.45, 2.75) is 0 Å². The molecule has 2 rings (SSSR count). The maximum absolute atomic E-state index is 10.8. The Kier molecular flexibility index (Phi) is 4.22. The normalized spacial score (nSPS) is 11.7. The highest BCUT2D eigenvalue weighted by Gasteiger charge is 1.99. The predicted octanol–water partition coefficient (Wildman–Crippen LogP) is 1.75.